The third-order valence-corrected chi connectivity index (χ3v) is 21.6. The fourth-order valence-electron chi connectivity index (χ4n) is 14.2. The maximum Gasteiger partial charge on any atom is 0.252 e. The van der Waals surface area contributed by atoms with Crippen LogP contribution >= 0.6 is 0 Å². The van der Waals surface area contributed by atoms with Gasteiger partial charge in [-0.25, -0.2) is 20.7 Å². The average molecular weight is 1920 g/mol. The monoisotopic (exact) mass is 1910 g/mol. The number of aliphatic hydroxyl groups is 7. The number of carbonyl (C=O) groups excluding carboxylic acids is 7. The van der Waals surface area contributed by atoms with E-state index in [1.54, 1.807) is 39.8 Å². The minimum Gasteiger partial charge on any atom is -0.508 e. The lowest BCUT2D eigenvalue weighted by Gasteiger charge is -2.43. The molecule has 19 atom stereocenters. The summed E-state index contributed by atoms with van der Waals surface area (Å²) in [4.78, 5) is 114. The number of carbonyl (C=O) groups is 7. The van der Waals surface area contributed by atoms with Crippen LogP contribution in [0.25, 0.3) is 22.3 Å². The van der Waals surface area contributed by atoms with E-state index in [0.29, 0.717) is 28.4 Å². The van der Waals surface area contributed by atoms with Crippen molar-refractivity contribution in [3.8, 4) is 33.8 Å². The van der Waals surface area contributed by atoms with Gasteiger partial charge < -0.3 is 82.0 Å². The highest BCUT2D eigenvalue weighted by Crippen LogP contribution is 2.47. The Hall–Kier alpha value is -7.71. The summed E-state index contributed by atoms with van der Waals surface area (Å²) >= 11 is 0. The van der Waals surface area contributed by atoms with Crippen LogP contribution in [0.5, 0.6) is 11.5 Å². The van der Waals surface area contributed by atoms with Gasteiger partial charge in [-0.05, 0) is 173 Å². The first-order valence-corrected chi connectivity index (χ1v) is 34.5. The van der Waals surface area contributed by atoms with E-state index in [-0.39, 0.29) is 419 Å². The Morgan fingerprint density at radius 1 is 0.757 bits per heavy atom. The van der Waals surface area contributed by atoms with Gasteiger partial charge in [0.25, 0.3) is 11.8 Å². The van der Waals surface area contributed by atoms with Gasteiger partial charge in [0, 0.05) is 365 Å². The Bertz CT molecular complexity index is 4100. The van der Waals surface area contributed by atoms with Crippen molar-refractivity contribution in [3.63, 3.8) is 0 Å². The van der Waals surface area contributed by atoms with Crippen molar-refractivity contribution in [3.05, 3.63) is 106 Å². The Morgan fingerprint density at radius 2 is 1.40 bits per heavy atom. The molecule has 7 amide bonds. The molecule has 3 heterocycles. The normalized spacial score (nSPS) is 28.9. The van der Waals surface area contributed by atoms with Crippen LogP contribution in [0.4, 0.5) is 0 Å². The molecule has 3 fully saturated rings. The molecular formula is C75H573N7O21. The van der Waals surface area contributed by atoms with Gasteiger partial charge >= 0.3 is 0 Å². The molecule has 3 saturated heterocycles. The number of aryl methyl sites for hydroxylation is 2. The molecule has 28 nitrogen and oxygen atoms in total. The number of aromatic hydroxyl groups is 1. The molecule has 28 heteroatoms. The number of ether oxygens (including phenoxy) is 1. The highest BCUT2D eigenvalue weighted by atomic mass is 17.4. The van der Waals surface area contributed by atoms with Crippen LogP contribution in [0.1, 0.15) is 506 Å². The smallest absolute Gasteiger partial charge is 0.252 e. The molecule has 7 rings (SSSR count). The van der Waals surface area contributed by atoms with Crippen LogP contribution in [-0.2, 0) is 38.7 Å². The second kappa shape index (κ2) is 35.4. The molecule has 0 spiro atoms. The van der Waals surface area contributed by atoms with Crippen molar-refractivity contribution in [2.24, 2.45) is 23.2 Å². The lowest BCUT2D eigenvalue weighted by molar-refractivity contribution is -0.465. The standard InChI is InChI=1S/C74H105N7O18.CH4.H2O3.231H2/c1-18-36(6)29-40(10)98-48-23-26-50(39(9)32-48)45-21-24-49(37(7)30-45)46-22-25-51(38(8)31-46)64(90)75-56-43(13)60(86)68(99-97)78-67(93)59-63(89)73(16,35(4)5)44(14)81(59)69(94)57(53(83)19-2)76-65(91)58(62(88)61(87)52-27-28-54(84)42(12)41(52)11)77-70(95)72(15)33-47(82)34-80(72)71(96)74(17,55(85)20-3)79-66(56)92;;1-3-2;;;;;;;;;;;;;;;;;;;;;;;;;;;;;;;;;;;;;;;;;;;;;;;;;;;;;;;;;;;;;;;;;;;;;;;;;;;;;;;;;;;;;;;;;;;;;;;;;;;;;;;;;;;;;;;;;;;;;;;;;;;;;;;;;;;;;;;;;;;;;;;;;;;;;;;;;;;;;;;;;;;;;;;;;;;;;;;;;;;;;;;;;;;;;;;;;;;;;;;;;;;;;;;;;;;;;;;;;;;;;;;;;;;;;;;/h21-28,30-32,35-36,40,43-44,47,53,55-63,68,82-89,97H,18-20,29,33-34H2,1-17H3,(H,75,90)(H,76,91)(H,77,95)(H,78,93)(H,79,92);1H4;1-2H;231*1H/t36?,40?,43?,44?,47-,53-,55-,56+,57+,58+,59+,60-,61+,62+,63-,68-,72+,73+,74+;;;;;;;;;;;;;;;;;;;;;;;;;;;;;;;;;;;;;;;;;;;;;;;;;;;;;;;;;;;;;;;;;;;;;;;;;;;;;;;;;;;;;;;;;;;;;;;;;;;;;;;;;;;;;;;;;;;;;;;;;;;;;;;;;;;;;;;;;;;;;;;;;;;;;;;;;;;;;;;;;;;;;;;;;;;;;;;;;;;;;;;;;;;;;;;;;;;;;;;;;;;;;;;;;;;;;;;;;;;;;;;;;;;;;;;;;/m1........................................................................................................................................................................................................................................./s1/i21D,24D,30D;;;;;;;;;;;;;;;;;;;;;;;;;;;;;;;;;;;;;;;;;;;;;;;;;;;;;;;;;;;;;;;;;;;;;;;;;;;;;;;;;;;;;;;;;;;;;;;;;;;;;;;;;;;;;;;;;;;;;;;;;;;;;;;;;;;;;;;;;;;;;;;;;;;;;;;;;;;;;;;;;;;;;;;;;;;;;;;;;;;;;;;;;;;;;;;;;;;;;;;;;;;;;;;;;;;;;;;;;;;;;;;;;;;;;;;;;. The molecule has 0 radical (unpaired) electrons. The summed E-state index contributed by atoms with van der Waals surface area (Å²) in [6.45, 7) is 26.4. The number of hydrogen-bond donors (Lipinski definition) is 16. The maximum absolute atomic E-state index is 15.6. The van der Waals surface area contributed by atoms with Gasteiger partial charge in [0.15, 0.2) is 6.23 Å². The van der Waals surface area contributed by atoms with Crippen molar-refractivity contribution in [2.75, 3.05) is 6.54 Å². The van der Waals surface area contributed by atoms with Crippen LogP contribution in [-0.4, -0.2) is 205 Å². The van der Waals surface area contributed by atoms with E-state index in [9.17, 15) is 50.2 Å². The Labute approximate surface area is 950 Å². The molecule has 4 unspecified atom stereocenters. The zero-order chi connectivity index (χ0) is 79.3. The van der Waals surface area contributed by atoms with Gasteiger partial charge in [-0.15, -0.1) is 0 Å². The van der Waals surface area contributed by atoms with E-state index >= 15 is 33.6 Å². The molecule has 0 bridgehead atoms. The molecule has 0 aliphatic carbocycles. The molecule has 1034 valence electrons. The minimum absolute atomic E-state index is 0. The average Bonchev–Trinajstić information content (AvgIpc) is 1.57. The lowest BCUT2D eigenvalue weighted by Crippen LogP contribution is -2.71. The number of fused-ring (bicyclic) bond motifs is 2. The first kappa shape index (κ1) is 81.0. The predicted molar refractivity (Wildman–Crippen MR) is 871 cm³/mol. The number of β-amino-alcohol motifs (C(OH)–C–C–N with tert-alkyl or cyclic N) is 1. The number of phenolic OH excluding ortho intramolecular Hbond substituents is 1. The molecule has 0 aromatic heterocycles. The second-order valence-electron chi connectivity index (χ2n) is 28.6. The van der Waals surface area contributed by atoms with E-state index < -0.39 is 162 Å². The number of hydrogen-bond acceptors (Lipinski definition) is 21. The zero-order valence-electron chi connectivity index (χ0n) is 64.1. The van der Waals surface area contributed by atoms with E-state index in [4.69, 9.17) is 20.1 Å². The first-order chi connectivity index (χ1) is 49.0. The highest BCUT2D eigenvalue weighted by Gasteiger charge is 2.62. The SMILES string of the molecule is C.OOO.[2H]c1c([2H])c(-c2ccc(C(=O)N[C@@H]3C(=O)N[C@@](C)([C@H](O)CC)C(=O)N4C[C@H](O)C[C@@]4(C)C(=O)N[C@@H]([C@H](O)[C@@H](O)c4ccc(O)c(C)c4C)C(=O)N[C@@H]([C@H](O)CC)C(=O)N4C(C)[C@](C)(C(C)C)[C@H](O)[C@H]4C(=O)N[C@H](OO)[C@H](O)C3C)c(C)c2)c(C)c([2H])c1-c1ccc(OC(C)CC(C)CC)cc1C.[HH].[HH].[HH].[HH].[HH].[HH].[HH].[HH].[HH].[HH].[HH].[HH].[HH].[HH].[HH].[HH].[HH].[HH].[HH].[HH].[HH].[HH].[HH].[HH].[HH].[HH].[HH].[HH].[HH].[HH].[HH].[HH].[HH].[HH].[HH].[HH].[HH].[HH].[HH].[HH].[HH].[HH].[HH].[HH].[HH].[HH].[HH].[HH].[HH].[HH].[HH].[HH].[HH].[HH].[HH].[HH].[HH].[HH].[HH].[HH].[HH].[HH].[HH].[HH].[HH].[HH].[HH].[HH].[HH].[HH].[HH].[HH].[HH].[HH].[HH].[HH].[HH].[HH].[HH].[HH].[HH].[HH].[HH].[HH].[HH].[HH].[HH].[HH].[HH].[HH].[HH].[HH].[HH].[HH].[HH].[HH].[HH].[HH].[HH].[HH].[HH].[HH].[HH].[HH].[HH].[HH].[HH].[HH].[HH].[HH].[HH].[HH].[HH].[HH].[HH].[HH].[HH].[HH].[HH].[HH].[HH].[HH].[HH].[HH].[HH].[HH].[HH].[HH].[HH].[HH].[HH].[HH].[HH].[HH].[HH].[HH].[HH].[HH].[HH].[HH].[HH].[HH].[HH].[HH].[HH].[HH].[HH].[HH].[HH].[HH].[HH].[HH].[HH].[HH].[HH].[HH].[HH].[HH].[HH].[HH].[HH].[HH].[HH].[HH].[HH].[HH].[HH].[HH].[HH].[HH].[HH].[HH].[HH].[HH].[HH].[HH].[HH].[HH].[HH].[HH].[HH].[HH].[HH].[HH].[HH].[HH].[HH].[HH].[HH].[HH].[HH].[HH].[HH].[HH].[HH].[HH].[HH].[HH].[HH].[HH].[HH].[HH].[HH].[HH].[HH].[HH].[HH].[HH].[HH].[HH].[HH].[HH].[HH].[HH].[HH].[HH].[HH].[HH].[HH].[HH].[HH].[HH].[HH].[HH].[HH].[HH].[HH].[HH].[HH].[HH].[HH]. The zero-order valence-corrected chi connectivity index (χ0v) is 61.1. The van der Waals surface area contributed by atoms with Crippen LogP contribution in [0.15, 0.2) is 66.7 Å². The van der Waals surface area contributed by atoms with Crippen LogP contribution in [0.3, 0.4) is 0 Å². The molecule has 4 aromatic rings. The molecule has 103 heavy (non-hydrogen) atoms. The van der Waals surface area contributed by atoms with Gasteiger partial charge in [0.2, 0.25) is 29.5 Å². The van der Waals surface area contributed by atoms with E-state index in [0.717, 1.165) is 35.1 Å². The number of nitrogens with one attached hydrogen (secondary N) is 5. The maximum atomic E-state index is 15.6. The van der Waals surface area contributed by atoms with Crippen molar-refractivity contribution >= 4 is 41.4 Å². The summed E-state index contributed by atoms with van der Waals surface area (Å²) < 4.78 is 34.3. The molecule has 3 aliphatic rings. The summed E-state index contributed by atoms with van der Waals surface area (Å²) in [5, 5.41) is 133. The minimum atomic E-state index is -2.56. The van der Waals surface area contributed by atoms with Gasteiger partial charge in [0.1, 0.15) is 65.1 Å². The van der Waals surface area contributed by atoms with Crippen molar-refractivity contribution in [1.29, 1.82) is 0 Å². The number of nitrogens with zero attached hydrogens (tertiary/aromatic N) is 2. The number of benzene rings is 4. The fraction of sp³-hybridized carbons (Fsp3) is 0.587. The van der Waals surface area contributed by atoms with E-state index in [1.807, 2.05) is 19.9 Å². The largest absolute Gasteiger partial charge is 0.508 e. The summed E-state index contributed by atoms with van der Waals surface area (Å²) in [6.07, 6.45) is -15.5. The van der Waals surface area contributed by atoms with Crippen LogP contribution in [0, 0.1) is 57.8 Å². The highest BCUT2D eigenvalue weighted by molar-refractivity contribution is 6.03. The van der Waals surface area contributed by atoms with Crippen LogP contribution < -0.4 is 31.3 Å². The summed E-state index contributed by atoms with van der Waals surface area (Å²) in [5.41, 5.74) is -3.27. The summed E-state index contributed by atoms with van der Waals surface area (Å²) in [6, 6.07) is 2.02. The van der Waals surface area contributed by atoms with Crippen molar-refractivity contribution in [2.45, 2.75) is 254 Å². The Morgan fingerprint density at radius 3 is 1.97 bits per heavy atom. The fourth-order valence-corrected chi connectivity index (χ4v) is 14.2. The first-order valence-electron chi connectivity index (χ1n) is 36.0. The number of phenols is 1. The Balaban J connectivity index is -0.00000000228. The third-order valence-electron chi connectivity index (χ3n) is 21.6. The van der Waals surface area contributed by atoms with Gasteiger partial charge in [-0.1, -0.05) is 117 Å². The van der Waals surface area contributed by atoms with E-state index in [2.05, 4.69) is 45.5 Å². The van der Waals surface area contributed by atoms with E-state index in [1.165, 1.54) is 85.7 Å². The van der Waals surface area contributed by atoms with Crippen molar-refractivity contribution in [1.82, 2.24) is 36.4 Å². The molecule has 16 N–H and O–H groups in total. The molecular weight excluding hydrogens is 1330 g/mol. The molecule has 3 aliphatic heterocycles. The molecule has 0 saturated carbocycles. The third kappa shape index (κ3) is 17.8. The van der Waals surface area contributed by atoms with Gasteiger partial charge in [-0.3, -0.25) is 33.6 Å². The molecule has 4 aromatic carbocycles. The van der Waals surface area contributed by atoms with Gasteiger partial charge in [-0.2, -0.15) is 0 Å². The second-order valence-corrected chi connectivity index (χ2v) is 28.6. The summed E-state index contributed by atoms with van der Waals surface area (Å²) in [7, 11) is 0. The van der Waals surface area contributed by atoms with Crippen molar-refractivity contribution < 1.29 is 439 Å². The number of amides is 7. The van der Waals surface area contributed by atoms with Crippen LogP contribution in [0.2, 0.25) is 0 Å². The number of aliphatic hydroxyl groups excluding tert-OH is 7. The summed E-state index contributed by atoms with van der Waals surface area (Å²) in [5.74, 6) is -10.2. The predicted octanol–water partition coefficient (Wildman–Crippen LogP) is 62.4. The van der Waals surface area contributed by atoms with Gasteiger partial charge in [0.05, 0.1) is 34.6 Å². The lowest BCUT2D eigenvalue weighted by atomic mass is 9.71. The topological polar surface area (TPSA) is 436 Å². The quantitative estimate of drug-likeness (QED) is 0.0325. The number of rotatable bonds is 18. The Kier molecular flexibility index (Phi) is 27.8.